The molecular formula is C23H17FN4O3. The summed E-state index contributed by atoms with van der Waals surface area (Å²) in [6.07, 6.45) is 3.52. The first-order chi connectivity index (χ1) is 14.9. The summed E-state index contributed by atoms with van der Waals surface area (Å²) in [5.41, 5.74) is 0.368. The molecule has 0 fully saturated rings. The lowest BCUT2D eigenvalue weighted by Gasteiger charge is -2.20. The summed E-state index contributed by atoms with van der Waals surface area (Å²) in [5.74, 6) is -1.11. The van der Waals surface area contributed by atoms with E-state index in [4.69, 9.17) is 0 Å². The number of hydrogen-bond acceptors (Lipinski definition) is 5. The first-order valence-electron chi connectivity index (χ1n) is 9.63. The number of anilines is 2. The number of aromatic nitrogens is 3. The average Bonchev–Trinajstić information content (AvgIpc) is 2.96. The van der Waals surface area contributed by atoms with Gasteiger partial charge in [0.1, 0.15) is 5.82 Å². The van der Waals surface area contributed by atoms with E-state index in [9.17, 15) is 19.1 Å². The number of benzene rings is 2. The van der Waals surface area contributed by atoms with Gasteiger partial charge in [-0.3, -0.25) is 19.5 Å². The SMILES string of the molecule is CC1(O)C(=O)N(c2cncc(Cc3n[nH]c(=O)c4ccccc34)c2)c2ccc(F)cc21. The number of pyridine rings is 1. The highest BCUT2D eigenvalue weighted by molar-refractivity contribution is 6.11. The maximum Gasteiger partial charge on any atom is 0.272 e. The van der Waals surface area contributed by atoms with Crippen LogP contribution in [-0.2, 0) is 16.8 Å². The summed E-state index contributed by atoms with van der Waals surface area (Å²) >= 11 is 0. The van der Waals surface area contributed by atoms with Crippen molar-refractivity contribution in [1.29, 1.82) is 0 Å². The van der Waals surface area contributed by atoms with Gasteiger partial charge in [-0.15, -0.1) is 0 Å². The van der Waals surface area contributed by atoms with Crippen molar-refractivity contribution < 1.29 is 14.3 Å². The minimum absolute atomic E-state index is 0.205. The van der Waals surface area contributed by atoms with Crippen LogP contribution in [0.3, 0.4) is 0 Å². The number of H-pyrrole nitrogens is 1. The summed E-state index contributed by atoms with van der Waals surface area (Å²) in [4.78, 5) is 30.6. The molecule has 2 aromatic heterocycles. The number of hydrogen-bond donors (Lipinski definition) is 2. The van der Waals surface area contributed by atoms with Crippen LogP contribution in [0.1, 0.15) is 23.7 Å². The minimum Gasteiger partial charge on any atom is -0.375 e. The van der Waals surface area contributed by atoms with Crippen LogP contribution in [0.4, 0.5) is 15.8 Å². The standard InChI is InChI=1S/C23H17FN4O3/c1-23(31)18-10-14(24)6-7-20(18)28(22(23)30)15-8-13(11-25-12-15)9-19-16-4-2-3-5-17(16)21(29)27-26-19/h2-8,10-12,31H,9H2,1H3,(H,27,29). The van der Waals surface area contributed by atoms with Gasteiger partial charge in [0.2, 0.25) is 0 Å². The van der Waals surface area contributed by atoms with E-state index in [1.54, 1.807) is 24.4 Å². The van der Waals surface area contributed by atoms with Crippen LogP contribution in [0.25, 0.3) is 10.8 Å². The van der Waals surface area contributed by atoms with Gasteiger partial charge >= 0.3 is 0 Å². The van der Waals surface area contributed by atoms with Crippen molar-refractivity contribution in [1.82, 2.24) is 15.2 Å². The van der Waals surface area contributed by atoms with Crippen molar-refractivity contribution in [3.05, 3.63) is 93.9 Å². The smallest absolute Gasteiger partial charge is 0.272 e. The third-order valence-corrected chi connectivity index (χ3v) is 5.53. The predicted molar refractivity (Wildman–Crippen MR) is 113 cm³/mol. The molecule has 1 amide bonds. The number of carbonyl (C=O) groups excluding carboxylic acids is 1. The summed E-state index contributed by atoms with van der Waals surface area (Å²) in [6, 6.07) is 12.8. The third-order valence-electron chi connectivity index (χ3n) is 5.53. The van der Waals surface area contributed by atoms with Crippen LogP contribution in [-0.4, -0.2) is 26.2 Å². The minimum atomic E-state index is -1.84. The van der Waals surface area contributed by atoms with Crippen molar-refractivity contribution >= 4 is 28.1 Å². The number of aliphatic hydroxyl groups is 1. The zero-order valence-electron chi connectivity index (χ0n) is 16.5. The molecule has 1 aliphatic rings. The van der Waals surface area contributed by atoms with Crippen molar-refractivity contribution in [3.8, 4) is 0 Å². The first-order valence-corrected chi connectivity index (χ1v) is 9.63. The Bertz CT molecular complexity index is 1410. The highest BCUT2D eigenvalue weighted by atomic mass is 19.1. The maximum absolute atomic E-state index is 13.7. The van der Waals surface area contributed by atoms with Gasteiger partial charge < -0.3 is 5.11 Å². The number of rotatable bonds is 3. The van der Waals surface area contributed by atoms with Crippen LogP contribution in [0, 0.1) is 5.82 Å². The number of fused-ring (bicyclic) bond motifs is 2. The predicted octanol–water partition coefficient (Wildman–Crippen LogP) is 2.93. The number of halogens is 1. The van der Waals surface area contributed by atoms with Gasteiger partial charge in [0, 0.05) is 23.6 Å². The number of carbonyl (C=O) groups is 1. The molecule has 0 saturated carbocycles. The van der Waals surface area contributed by atoms with Gasteiger partial charge in [0.15, 0.2) is 5.60 Å². The molecular weight excluding hydrogens is 399 g/mol. The van der Waals surface area contributed by atoms with E-state index in [1.165, 1.54) is 36.2 Å². The number of amides is 1. The van der Waals surface area contributed by atoms with Crippen LogP contribution in [0.5, 0.6) is 0 Å². The molecule has 1 unspecified atom stereocenters. The Morgan fingerprint density at radius 1 is 1.10 bits per heavy atom. The largest absolute Gasteiger partial charge is 0.375 e. The Morgan fingerprint density at radius 3 is 2.68 bits per heavy atom. The van der Waals surface area contributed by atoms with E-state index in [1.807, 2.05) is 12.1 Å². The molecule has 154 valence electrons. The molecule has 5 rings (SSSR count). The molecule has 31 heavy (non-hydrogen) atoms. The molecule has 1 atom stereocenters. The third kappa shape index (κ3) is 3.00. The Hall–Kier alpha value is -3.91. The van der Waals surface area contributed by atoms with Gasteiger partial charge in [-0.25, -0.2) is 9.49 Å². The van der Waals surface area contributed by atoms with Crippen LogP contribution in [0.15, 0.2) is 65.7 Å². The highest BCUT2D eigenvalue weighted by Crippen LogP contribution is 2.44. The lowest BCUT2D eigenvalue weighted by Crippen LogP contribution is -2.35. The average molecular weight is 416 g/mol. The molecule has 0 aliphatic carbocycles. The fraction of sp³-hybridized carbons (Fsp3) is 0.130. The summed E-state index contributed by atoms with van der Waals surface area (Å²) in [7, 11) is 0. The monoisotopic (exact) mass is 416 g/mol. The van der Waals surface area contributed by atoms with Crippen LogP contribution >= 0.6 is 0 Å². The van der Waals surface area contributed by atoms with E-state index in [-0.39, 0.29) is 11.1 Å². The summed E-state index contributed by atoms with van der Waals surface area (Å²) in [6.45, 7) is 1.35. The molecule has 0 bridgehead atoms. The van der Waals surface area contributed by atoms with Crippen LogP contribution < -0.4 is 10.5 Å². The van der Waals surface area contributed by atoms with E-state index >= 15 is 0 Å². The molecule has 8 heteroatoms. The van der Waals surface area contributed by atoms with Crippen molar-refractivity contribution in [2.75, 3.05) is 4.90 Å². The topological polar surface area (TPSA) is 99.2 Å². The Kier molecular flexibility index (Phi) is 4.19. The summed E-state index contributed by atoms with van der Waals surface area (Å²) < 4.78 is 13.7. The van der Waals surface area contributed by atoms with Gasteiger partial charge in [-0.05, 0) is 42.8 Å². The number of nitrogens with zero attached hydrogens (tertiary/aromatic N) is 3. The van der Waals surface area contributed by atoms with E-state index in [0.29, 0.717) is 28.9 Å². The van der Waals surface area contributed by atoms with Crippen molar-refractivity contribution in [2.45, 2.75) is 18.9 Å². The van der Waals surface area contributed by atoms with Gasteiger partial charge in [-0.2, -0.15) is 5.10 Å². The Morgan fingerprint density at radius 2 is 1.87 bits per heavy atom. The van der Waals surface area contributed by atoms with Crippen LogP contribution in [0.2, 0.25) is 0 Å². The Labute approximate surface area is 175 Å². The lowest BCUT2D eigenvalue weighted by atomic mass is 9.98. The normalized spacial score (nSPS) is 17.9. The number of aromatic amines is 1. The molecule has 2 N–H and O–H groups in total. The molecule has 4 aromatic rings. The highest BCUT2D eigenvalue weighted by Gasteiger charge is 2.47. The lowest BCUT2D eigenvalue weighted by molar-refractivity contribution is -0.133. The van der Waals surface area contributed by atoms with E-state index < -0.39 is 17.3 Å². The van der Waals surface area contributed by atoms with Gasteiger partial charge in [0.25, 0.3) is 11.5 Å². The molecule has 3 heterocycles. The quantitative estimate of drug-likeness (QED) is 0.535. The zero-order chi connectivity index (χ0) is 21.8. The second-order valence-corrected chi connectivity index (χ2v) is 7.65. The van der Waals surface area contributed by atoms with Gasteiger partial charge in [-0.1, -0.05) is 18.2 Å². The van der Waals surface area contributed by atoms with Crippen molar-refractivity contribution in [2.24, 2.45) is 0 Å². The second-order valence-electron chi connectivity index (χ2n) is 7.65. The fourth-order valence-electron chi connectivity index (χ4n) is 3.98. The molecule has 2 aromatic carbocycles. The molecule has 0 saturated heterocycles. The molecule has 7 nitrogen and oxygen atoms in total. The van der Waals surface area contributed by atoms with Gasteiger partial charge in [0.05, 0.1) is 28.7 Å². The first kappa shape index (κ1) is 19.1. The van der Waals surface area contributed by atoms with E-state index in [2.05, 4.69) is 15.2 Å². The Balaban J connectivity index is 1.56. The molecule has 1 aliphatic heterocycles. The summed E-state index contributed by atoms with van der Waals surface area (Å²) in [5, 5.41) is 18.7. The maximum atomic E-state index is 13.7. The zero-order valence-corrected chi connectivity index (χ0v) is 16.5. The number of nitrogens with one attached hydrogen (secondary N) is 1. The molecule has 0 spiro atoms. The van der Waals surface area contributed by atoms with E-state index in [0.717, 1.165) is 10.9 Å². The molecule has 0 radical (unpaired) electrons. The second kappa shape index (κ2) is 6.82. The fourth-order valence-corrected chi connectivity index (χ4v) is 3.98. The van der Waals surface area contributed by atoms with Crippen molar-refractivity contribution in [3.63, 3.8) is 0 Å².